The molecule has 0 saturated heterocycles. The molecule has 52 heavy (non-hydrogen) atoms. The van der Waals surface area contributed by atoms with Crippen LogP contribution in [0.2, 0.25) is 0 Å². The standard InChI is InChI=1S/C46H83N3O3/c1-9-36(32(2)3)17-16-33(4)40-20-21-41-39-19-18-37-31-38(24-27-45(37,7)42(39)25-28-46(40,41)8)52-44(51)23-22-43(50)49(30-26-35(6)48)29-14-12-10-11-13-15-34(5)47/h18,32-36,38-42H,9-17,19-31,47-48H2,1-8H3/t33-,34?,35?,36-,38+,39+,40-,41+,42+,45+,46-/m1/s1. The second-order valence-corrected chi connectivity index (χ2v) is 19.5. The fourth-order valence-electron chi connectivity index (χ4n) is 12.0. The molecule has 300 valence electrons. The van der Waals surface area contributed by atoms with Gasteiger partial charge in [0.1, 0.15) is 6.10 Å². The van der Waals surface area contributed by atoms with Crippen molar-refractivity contribution in [3.63, 3.8) is 0 Å². The van der Waals surface area contributed by atoms with Gasteiger partial charge in [0.15, 0.2) is 0 Å². The minimum absolute atomic E-state index is 0.0509. The molecule has 0 aromatic rings. The van der Waals surface area contributed by atoms with E-state index < -0.39 is 0 Å². The van der Waals surface area contributed by atoms with Crippen LogP contribution >= 0.6 is 0 Å². The second-order valence-electron chi connectivity index (χ2n) is 19.5. The Hall–Kier alpha value is -1.40. The lowest BCUT2D eigenvalue weighted by molar-refractivity contribution is -0.153. The summed E-state index contributed by atoms with van der Waals surface area (Å²) in [4.78, 5) is 28.3. The Balaban J connectivity index is 1.26. The third kappa shape index (κ3) is 11.1. The molecule has 0 heterocycles. The van der Waals surface area contributed by atoms with Crippen LogP contribution in [0.4, 0.5) is 0 Å². The summed E-state index contributed by atoms with van der Waals surface area (Å²) in [6.45, 7) is 20.5. The largest absolute Gasteiger partial charge is 0.462 e. The number of hydrogen-bond acceptors (Lipinski definition) is 5. The average Bonchev–Trinajstić information content (AvgIpc) is 3.45. The fourth-order valence-corrected chi connectivity index (χ4v) is 12.0. The van der Waals surface area contributed by atoms with Gasteiger partial charge in [-0.2, -0.15) is 0 Å². The van der Waals surface area contributed by atoms with Gasteiger partial charge in [-0.3, -0.25) is 9.59 Å². The Kier molecular flexibility index (Phi) is 16.6. The molecular weight excluding hydrogens is 643 g/mol. The highest BCUT2D eigenvalue weighted by Crippen LogP contribution is 2.67. The Morgan fingerprint density at radius 1 is 0.827 bits per heavy atom. The van der Waals surface area contributed by atoms with Gasteiger partial charge in [-0.1, -0.05) is 91.7 Å². The quantitative estimate of drug-likeness (QED) is 0.0697. The van der Waals surface area contributed by atoms with Crippen molar-refractivity contribution in [1.29, 1.82) is 0 Å². The predicted molar refractivity (Wildman–Crippen MR) is 218 cm³/mol. The lowest BCUT2D eigenvalue weighted by Gasteiger charge is -2.58. The zero-order valence-electron chi connectivity index (χ0n) is 35.2. The third-order valence-electron chi connectivity index (χ3n) is 15.4. The van der Waals surface area contributed by atoms with Gasteiger partial charge in [-0.05, 0) is 137 Å². The Labute approximate surface area is 320 Å². The summed E-state index contributed by atoms with van der Waals surface area (Å²) in [6, 6.07) is 0.324. The topological polar surface area (TPSA) is 98.7 Å². The van der Waals surface area contributed by atoms with E-state index in [1.54, 1.807) is 5.57 Å². The van der Waals surface area contributed by atoms with E-state index in [0.29, 0.717) is 12.0 Å². The Bertz CT molecular complexity index is 1150. The third-order valence-corrected chi connectivity index (χ3v) is 15.4. The SMILES string of the molecule is CC[C@H](CC[C@@H](C)[C@H]1CC[C@H]2[C@@H]3CC=C4C[C@@H](OC(=O)CCC(=O)N(CCCCCCCC(C)N)CCC(C)N)CC[C@]4(C)[C@H]3CC[C@]12C)C(C)C. The van der Waals surface area contributed by atoms with E-state index in [0.717, 1.165) is 92.9 Å². The molecule has 4 aliphatic rings. The number of amides is 1. The molecule has 2 unspecified atom stereocenters. The van der Waals surface area contributed by atoms with Crippen molar-refractivity contribution < 1.29 is 14.3 Å². The minimum atomic E-state index is -0.212. The van der Waals surface area contributed by atoms with Gasteiger partial charge in [-0.15, -0.1) is 0 Å². The Morgan fingerprint density at radius 2 is 1.54 bits per heavy atom. The maximum absolute atomic E-state index is 13.3. The first-order chi connectivity index (χ1) is 24.7. The number of unbranched alkanes of at least 4 members (excludes halogenated alkanes) is 4. The molecule has 1 amide bonds. The summed E-state index contributed by atoms with van der Waals surface area (Å²) in [5, 5.41) is 0. The molecule has 3 fully saturated rings. The number of fused-ring (bicyclic) bond motifs is 5. The monoisotopic (exact) mass is 726 g/mol. The lowest BCUT2D eigenvalue weighted by atomic mass is 9.47. The number of esters is 1. The van der Waals surface area contributed by atoms with Gasteiger partial charge >= 0.3 is 5.97 Å². The van der Waals surface area contributed by atoms with Gasteiger partial charge < -0.3 is 21.1 Å². The molecule has 11 atom stereocenters. The highest BCUT2D eigenvalue weighted by Gasteiger charge is 2.59. The number of carbonyl (C=O) groups is 2. The van der Waals surface area contributed by atoms with Crippen molar-refractivity contribution in [3.05, 3.63) is 11.6 Å². The molecule has 3 saturated carbocycles. The molecule has 4 aliphatic carbocycles. The normalized spacial score (nSPS) is 32.2. The second kappa shape index (κ2) is 20.0. The van der Waals surface area contributed by atoms with Crippen molar-refractivity contribution in [2.45, 2.75) is 202 Å². The zero-order chi connectivity index (χ0) is 38.1. The summed E-state index contributed by atoms with van der Waals surface area (Å²) >= 11 is 0. The van der Waals surface area contributed by atoms with E-state index in [4.69, 9.17) is 16.2 Å². The summed E-state index contributed by atoms with van der Waals surface area (Å²) in [6.07, 6.45) is 24.3. The predicted octanol–water partition coefficient (Wildman–Crippen LogP) is 10.6. The van der Waals surface area contributed by atoms with Gasteiger partial charge in [0.05, 0.1) is 6.42 Å². The molecule has 6 nitrogen and oxygen atoms in total. The highest BCUT2D eigenvalue weighted by atomic mass is 16.5. The van der Waals surface area contributed by atoms with E-state index in [1.807, 2.05) is 11.8 Å². The number of rotatable bonds is 21. The molecule has 0 spiro atoms. The van der Waals surface area contributed by atoms with Gasteiger partial charge in [0, 0.05) is 38.0 Å². The molecule has 0 aromatic heterocycles. The van der Waals surface area contributed by atoms with Crippen LogP contribution in [0.1, 0.15) is 184 Å². The lowest BCUT2D eigenvalue weighted by Crippen LogP contribution is -2.51. The van der Waals surface area contributed by atoms with Crippen molar-refractivity contribution in [1.82, 2.24) is 4.90 Å². The van der Waals surface area contributed by atoms with Crippen LogP contribution in [0.3, 0.4) is 0 Å². The number of allylic oxidation sites excluding steroid dienone is 1. The van der Waals surface area contributed by atoms with E-state index in [2.05, 4.69) is 54.5 Å². The van der Waals surface area contributed by atoms with Crippen molar-refractivity contribution in [2.75, 3.05) is 13.1 Å². The molecule has 0 aromatic carbocycles. The number of ether oxygens (including phenoxy) is 1. The molecule has 0 bridgehead atoms. The zero-order valence-corrected chi connectivity index (χ0v) is 35.2. The van der Waals surface area contributed by atoms with E-state index >= 15 is 0 Å². The molecular formula is C46H83N3O3. The first-order valence-corrected chi connectivity index (χ1v) is 22.4. The van der Waals surface area contributed by atoms with Crippen molar-refractivity contribution >= 4 is 11.9 Å². The maximum atomic E-state index is 13.3. The number of nitrogens with zero attached hydrogens (tertiary/aromatic N) is 1. The molecule has 6 heteroatoms. The summed E-state index contributed by atoms with van der Waals surface area (Å²) in [5.74, 6) is 5.63. The number of nitrogens with two attached hydrogens (primary N) is 2. The van der Waals surface area contributed by atoms with E-state index in [1.165, 1.54) is 70.6 Å². The molecule has 0 radical (unpaired) electrons. The van der Waals surface area contributed by atoms with Crippen LogP contribution in [0.25, 0.3) is 0 Å². The summed E-state index contributed by atoms with van der Waals surface area (Å²) in [5.41, 5.74) is 14.2. The fraction of sp³-hybridized carbons (Fsp3) is 0.913. The summed E-state index contributed by atoms with van der Waals surface area (Å²) < 4.78 is 6.11. The number of carbonyl (C=O) groups excluding carboxylic acids is 2. The van der Waals surface area contributed by atoms with Crippen molar-refractivity contribution in [3.8, 4) is 0 Å². The summed E-state index contributed by atoms with van der Waals surface area (Å²) in [7, 11) is 0. The average molecular weight is 726 g/mol. The first kappa shape index (κ1) is 43.3. The van der Waals surface area contributed by atoms with Crippen LogP contribution in [0.15, 0.2) is 11.6 Å². The maximum Gasteiger partial charge on any atom is 0.306 e. The van der Waals surface area contributed by atoms with E-state index in [9.17, 15) is 9.59 Å². The van der Waals surface area contributed by atoms with Gasteiger partial charge in [-0.25, -0.2) is 0 Å². The highest BCUT2D eigenvalue weighted by molar-refractivity contribution is 5.81. The molecule has 4 N–H and O–H groups in total. The van der Waals surface area contributed by atoms with Crippen LogP contribution in [-0.4, -0.2) is 48.1 Å². The van der Waals surface area contributed by atoms with Gasteiger partial charge in [0.2, 0.25) is 5.91 Å². The first-order valence-electron chi connectivity index (χ1n) is 22.4. The minimum Gasteiger partial charge on any atom is -0.462 e. The Morgan fingerprint density at radius 3 is 2.23 bits per heavy atom. The van der Waals surface area contributed by atoms with Gasteiger partial charge in [0.25, 0.3) is 0 Å². The van der Waals surface area contributed by atoms with Crippen LogP contribution < -0.4 is 11.5 Å². The van der Waals surface area contributed by atoms with Crippen LogP contribution in [0, 0.1) is 52.3 Å². The van der Waals surface area contributed by atoms with Crippen LogP contribution in [0.5, 0.6) is 0 Å². The smallest absolute Gasteiger partial charge is 0.306 e. The van der Waals surface area contributed by atoms with Crippen molar-refractivity contribution in [2.24, 2.45) is 63.7 Å². The molecule has 0 aliphatic heterocycles. The molecule has 4 rings (SSSR count). The van der Waals surface area contributed by atoms with E-state index in [-0.39, 0.29) is 48.3 Å². The van der Waals surface area contributed by atoms with Crippen LogP contribution in [-0.2, 0) is 14.3 Å². The number of hydrogen-bond donors (Lipinski definition) is 2.